The molecular formula is C18H26N4O2. The van der Waals surface area contributed by atoms with Crippen LogP contribution in [-0.4, -0.2) is 65.9 Å². The number of rotatable bonds is 4. The number of amides is 2. The zero-order valence-electron chi connectivity index (χ0n) is 14.4. The predicted octanol–water partition coefficient (Wildman–Crippen LogP) is 1.76. The maximum absolute atomic E-state index is 12.7. The van der Waals surface area contributed by atoms with Crippen LogP contribution in [0, 0.1) is 0 Å². The Balaban J connectivity index is 1.73. The highest BCUT2D eigenvalue weighted by molar-refractivity contribution is 5.95. The standard InChI is InChI=1S/C18H26N4O2/c1-2-16-5-3-4-6-22(16)17-11-15(12-19-13-17)18(24)21-9-7-20(14-23)8-10-21/h11-14,16H,2-10H2,1H3. The van der Waals surface area contributed by atoms with Gasteiger partial charge in [0.15, 0.2) is 0 Å². The Hall–Kier alpha value is -2.11. The van der Waals surface area contributed by atoms with E-state index in [2.05, 4.69) is 16.8 Å². The van der Waals surface area contributed by atoms with Gasteiger partial charge in [0, 0.05) is 45.0 Å². The van der Waals surface area contributed by atoms with Crippen molar-refractivity contribution in [1.29, 1.82) is 0 Å². The summed E-state index contributed by atoms with van der Waals surface area (Å²) in [5.41, 5.74) is 1.70. The third-order valence-corrected chi connectivity index (χ3v) is 5.15. The van der Waals surface area contributed by atoms with Crippen LogP contribution in [0.1, 0.15) is 43.0 Å². The fraction of sp³-hybridized carbons (Fsp3) is 0.611. The number of hydrogen-bond acceptors (Lipinski definition) is 4. The van der Waals surface area contributed by atoms with Gasteiger partial charge in [-0.3, -0.25) is 14.6 Å². The van der Waals surface area contributed by atoms with Crippen molar-refractivity contribution < 1.29 is 9.59 Å². The predicted molar refractivity (Wildman–Crippen MR) is 93.1 cm³/mol. The topological polar surface area (TPSA) is 56.8 Å². The first-order valence-electron chi connectivity index (χ1n) is 8.93. The summed E-state index contributed by atoms with van der Waals surface area (Å²) in [6, 6.07) is 2.53. The van der Waals surface area contributed by atoms with Gasteiger partial charge in [-0.1, -0.05) is 6.92 Å². The van der Waals surface area contributed by atoms with Crippen LogP contribution in [0.15, 0.2) is 18.5 Å². The third-order valence-electron chi connectivity index (χ3n) is 5.15. The lowest BCUT2D eigenvalue weighted by atomic mass is 9.99. The van der Waals surface area contributed by atoms with Crippen LogP contribution in [0.2, 0.25) is 0 Å². The molecule has 0 spiro atoms. The van der Waals surface area contributed by atoms with Gasteiger partial charge in [0.2, 0.25) is 6.41 Å². The Kier molecular flexibility index (Phi) is 5.33. The summed E-state index contributed by atoms with van der Waals surface area (Å²) in [5, 5.41) is 0. The lowest BCUT2D eigenvalue weighted by molar-refractivity contribution is -0.119. The van der Waals surface area contributed by atoms with E-state index >= 15 is 0 Å². The minimum Gasteiger partial charge on any atom is -0.367 e. The summed E-state index contributed by atoms with van der Waals surface area (Å²) >= 11 is 0. The Labute approximate surface area is 143 Å². The fourth-order valence-electron chi connectivity index (χ4n) is 3.68. The average molecular weight is 330 g/mol. The maximum atomic E-state index is 12.7. The number of nitrogens with zero attached hydrogens (tertiary/aromatic N) is 4. The zero-order chi connectivity index (χ0) is 16.9. The van der Waals surface area contributed by atoms with E-state index < -0.39 is 0 Å². The normalized spacial score (nSPS) is 21.7. The molecule has 6 nitrogen and oxygen atoms in total. The first-order chi connectivity index (χ1) is 11.7. The molecule has 0 aromatic carbocycles. The lowest BCUT2D eigenvalue weighted by Crippen LogP contribution is -2.48. The molecule has 1 aromatic rings. The number of aromatic nitrogens is 1. The molecule has 1 atom stereocenters. The van der Waals surface area contributed by atoms with Crippen LogP contribution in [0.4, 0.5) is 5.69 Å². The lowest BCUT2D eigenvalue weighted by Gasteiger charge is -2.37. The van der Waals surface area contributed by atoms with E-state index in [9.17, 15) is 9.59 Å². The van der Waals surface area contributed by atoms with E-state index in [1.165, 1.54) is 19.3 Å². The van der Waals surface area contributed by atoms with Gasteiger partial charge in [-0.05, 0) is 31.7 Å². The van der Waals surface area contributed by atoms with Crippen LogP contribution in [0.3, 0.4) is 0 Å². The number of carbonyl (C=O) groups is 2. The number of piperidine rings is 1. The number of pyridine rings is 1. The fourth-order valence-corrected chi connectivity index (χ4v) is 3.68. The van der Waals surface area contributed by atoms with E-state index in [4.69, 9.17) is 0 Å². The molecule has 0 N–H and O–H groups in total. The molecule has 2 saturated heterocycles. The second-order valence-electron chi connectivity index (χ2n) is 6.62. The molecule has 0 saturated carbocycles. The Morgan fingerprint density at radius 1 is 1.21 bits per heavy atom. The summed E-state index contributed by atoms with van der Waals surface area (Å²) in [7, 11) is 0. The van der Waals surface area contributed by atoms with Gasteiger partial charge in [0.1, 0.15) is 0 Å². The molecule has 0 bridgehead atoms. The van der Waals surface area contributed by atoms with Gasteiger partial charge >= 0.3 is 0 Å². The van der Waals surface area contributed by atoms with Crippen molar-refractivity contribution in [1.82, 2.24) is 14.8 Å². The van der Waals surface area contributed by atoms with Crippen molar-refractivity contribution in [2.75, 3.05) is 37.6 Å². The molecule has 2 fully saturated rings. The molecule has 3 rings (SSSR count). The Bertz CT molecular complexity index is 584. The average Bonchev–Trinajstić information content (AvgIpc) is 2.67. The number of carbonyl (C=O) groups excluding carboxylic acids is 2. The van der Waals surface area contributed by atoms with E-state index in [1.807, 2.05) is 17.2 Å². The highest BCUT2D eigenvalue weighted by Crippen LogP contribution is 2.26. The van der Waals surface area contributed by atoms with Gasteiger partial charge in [0.25, 0.3) is 5.91 Å². The van der Waals surface area contributed by atoms with E-state index in [0.717, 1.165) is 25.1 Å². The largest absolute Gasteiger partial charge is 0.367 e. The molecule has 0 aliphatic carbocycles. The second kappa shape index (κ2) is 7.64. The zero-order valence-corrected chi connectivity index (χ0v) is 14.4. The van der Waals surface area contributed by atoms with Gasteiger partial charge < -0.3 is 14.7 Å². The Morgan fingerprint density at radius 3 is 2.71 bits per heavy atom. The highest BCUT2D eigenvalue weighted by Gasteiger charge is 2.24. The molecule has 2 aliphatic rings. The number of hydrogen-bond donors (Lipinski definition) is 0. The molecule has 2 aliphatic heterocycles. The monoisotopic (exact) mass is 330 g/mol. The molecular weight excluding hydrogens is 304 g/mol. The van der Waals surface area contributed by atoms with Crippen LogP contribution in [0.25, 0.3) is 0 Å². The quantitative estimate of drug-likeness (QED) is 0.790. The Morgan fingerprint density at radius 2 is 2.00 bits per heavy atom. The van der Waals surface area contributed by atoms with Crippen molar-refractivity contribution in [3.8, 4) is 0 Å². The summed E-state index contributed by atoms with van der Waals surface area (Å²) in [6.45, 7) is 5.64. The van der Waals surface area contributed by atoms with Gasteiger partial charge in [-0.2, -0.15) is 0 Å². The smallest absolute Gasteiger partial charge is 0.255 e. The van der Waals surface area contributed by atoms with Gasteiger partial charge in [-0.25, -0.2) is 0 Å². The van der Waals surface area contributed by atoms with Crippen LogP contribution >= 0.6 is 0 Å². The summed E-state index contributed by atoms with van der Waals surface area (Å²) in [6.07, 6.45) is 9.18. The third kappa shape index (κ3) is 3.52. The van der Waals surface area contributed by atoms with E-state index in [1.54, 1.807) is 11.1 Å². The minimum absolute atomic E-state index is 0.0138. The summed E-state index contributed by atoms with van der Waals surface area (Å²) in [4.78, 5) is 33.8. The van der Waals surface area contributed by atoms with Crippen LogP contribution < -0.4 is 4.90 Å². The van der Waals surface area contributed by atoms with Crippen LogP contribution in [-0.2, 0) is 4.79 Å². The van der Waals surface area contributed by atoms with Crippen molar-refractivity contribution in [3.63, 3.8) is 0 Å². The molecule has 0 radical (unpaired) electrons. The van der Waals surface area contributed by atoms with Crippen molar-refractivity contribution in [2.24, 2.45) is 0 Å². The number of anilines is 1. The molecule has 24 heavy (non-hydrogen) atoms. The first kappa shape index (κ1) is 16.7. The molecule has 3 heterocycles. The summed E-state index contributed by atoms with van der Waals surface area (Å²) in [5.74, 6) is 0.0138. The number of piperazine rings is 1. The molecule has 1 aromatic heterocycles. The maximum Gasteiger partial charge on any atom is 0.255 e. The molecule has 1 unspecified atom stereocenters. The van der Waals surface area contributed by atoms with Crippen molar-refractivity contribution in [2.45, 2.75) is 38.6 Å². The molecule has 6 heteroatoms. The van der Waals surface area contributed by atoms with Gasteiger partial charge in [0.05, 0.1) is 17.4 Å². The van der Waals surface area contributed by atoms with Gasteiger partial charge in [-0.15, -0.1) is 0 Å². The minimum atomic E-state index is 0.0138. The van der Waals surface area contributed by atoms with Crippen molar-refractivity contribution >= 4 is 18.0 Å². The summed E-state index contributed by atoms with van der Waals surface area (Å²) < 4.78 is 0. The second-order valence-corrected chi connectivity index (χ2v) is 6.62. The van der Waals surface area contributed by atoms with Crippen LogP contribution in [0.5, 0.6) is 0 Å². The van der Waals surface area contributed by atoms with Crippen molar-refractivity contribution in [3.05, 3.63) is 24.0 Å². The highest BCUT2D eigenvalue weighted by atomic mass is 16.2. The van der Waals surface area contributed by atoms with E-state index in [-0.39, 0.29) is 5.91 Å². The molecule has 130 valence electrons. The van der Waals surface area contributed by atoms with E-state index in [0.29, 0.717) is 37.8 Å². The molecule has 2 amide bonds. The SMILES string of the molecule is CCC1CCCCN1c1cncc(C(=O)N2CCN(C=O)CC2)c1. The first-order valence-corrected chi connectivity index (χ1v) is 8.93.